The summed E-state index contributed by atoms with van der Waals surface area (Å²) >= 11 is 1.43. The van der Waals surface area contributed by atoms with Gasteiger partial charge >= 0.3 is 5.97 Å². The highest BCUT2D eigenvalue weighted by atomic mass is 32.1. The van der Waals surface area contributed by atoms with Gasteiger partial charge in [-0.25, -0.2) is 14.8 Å². The maximum absolute atomic E-state index is 12.2. The molecule has 3 rings (SSSR count). The lowest BCUT2D eigenvalue weighted by molar-refractivity contribution is 0.0529. The van der Waals surface area contributed by atoms with E-state index in [1.165, 1.54) is 23.2 Å². The van der Waals surface area contributed by atoms with Crippen molar-refractivity contribution >= 4 is 33.3 Å². The molecule has 0 fully saturated rings. The highest BCUT2D eigenvalue weighted by Gasteiger charge is 2.20. The van der Waals surface area contributed by atoms with Crippen LogP contribution in [0.25, 0.3) is 10.2 Å². The summed E-state index contributed by atoms with van der Waals surface area (Å²) in [7, 11) is 1.97. The second-order valence-corrected chi connectivity index (χ2v) is 6.13. The molecule has 0 atom stereocenters. The molecule has 0 radical (unpaired) electrons. The fourth-order valence-corrected chi connectivity index (χ4v) is 3.33. The van der Waals surface area contributed by atoms with Crippen LogP contribution in [0.2, 0.25) is 0 Å². The lowest BCUT2D eigenvalue weighted by Crippen LogP contribution is -2.22. The monoisotopic (exact) mass is 342 g/mol. The maximum atomic E-state index is 12.2. The van der Waals surface area contributed by atoms with Crippen molar-refractivity contribution in [2.75, 3.05) is 25.1 Å². The van der Waals surface area contributed by atoms with E-state index in [0.29, 0.717) is 12.2 Å². The smallest absolute Gasteiger partial charge is 0.339 e. The molecule has 0 saturated heterocycles. The molecule has 3 aromatic heterocycles. The number of likely N-dealkylation sites (N-methyl/N-ethyl adjacent to an activating group) is 1. The first-order valence-corrected chi connectivity index (χ1v) is 8.58. The quantitative estimate of drug-likeness (QED) is 0.642. The summed E-state index contributed by atoms with van der Waals surface area (Å²) in [6.45, 7) is 2.91. The zero-order valence-electron chi connectivity index (χ0n) is 13.6. The maximum Gasteiger partial charge on any atom is 0.339 e. The minimum absolute atomic E-state index is 0.331. The highest BCUT2D eigenvalue weighted by molar-refractivity contribution is 7.17. The minimum Gasteiger partial charge on any atom is -0.462 e. The third-order valence-corrected chi connectivity index (χ3v) is 4.58. The molecule has 0 N–H and O–H groups in total. The Morgan fingerprint density at radius 2 is 2.08 bits per heavy atom. The molecule has 0 aromatic carbocycles. The molecule has 124 valence electrons. The van der Waals surface area contributed by atoms with Gasteiger partial charge in [0.05, 0.1) is 17.6 Å². The lowest BCUT2D eigenvalue weighted by Gasteiger charge is -2.19. The Labute approximate surface area is 144 Å². The van der Waals surface area contributed by atoms with E-state index in [4.69, 9.17) is 4.74 Å². The highest BCUT2D eigenvalue weighted by Crippen LogP contribution is 2.31. The molecule has 0 aliphatic carbocycles. The van der Waals surface area contributed by atoms with Gasteiger partial charge in [0.15, 0.2) is 0 Å². The minimum atomic E-state index is -0.331. The summed E-state index contributed by atoms with van der Waals surface area (Å²) in [4.78, 5) is 27.7. The second kappa shape index (κ2) is 7.35. The van der Waals surface area contributed by atoms with Crippen molar-refractivity contribution in [3.8, 4) is 0 Å². The average Bonchev–Trinajstić information content (AvgIpc) is 3.05. The molecule has 0 saturated carbocycles. The Hall–Kier alpha value is -2.54. The number of ether oxygens (including phenoxy) is 1. The summed E-state index contributed by atoms with van der Waals surface area (Å²) in [5.41, 5.74) is 1.74. The summed E-state index contributed by atoms with van der Waals surface area (Å²) < 4.78 is 5.15. The molecular weight excluding hydrogens is 324 g/mol. The number of pyridine rings is 1. The first-order chi connectivity index (χ1) is 11.7. The Morgan fingerprint density at radius 1 is 1.29 bits per heavy atom. The Balaban J connectivity index is 1.87. The summed E-state index contributed by atoms with van der Waals surface area (Å²) in [6, 6.07) is 4.00. The SMILES string of the molecule is CCOC(=O)c1csc2ncnc(N(C)CCc3ccncc3)c12. The van der Waals surface area contributed by atoms with Crippen molar-refractivity contribution < 1.29 is 9.53 Å². The molecule has 7 heteroatoms. The van der Waals surface area contributed by atoms with Crippen molar-refractivity contribution in [1.29, 1.82) is 0 Å². The van der Waals surface area contributed by atoms with Crippen LogP contribution in [0.5, 0.6) is 0 Å². The van der Waals surface area contributed by atoms with Crippen molar-refractivity contribution in [2.24, 2.45) is 0 Å². The summed E-state index contributed by atoms with van der Waals surface area (Å²) in [5, 5.41) is 2.55. The van der Waals surface area contributed by atoms with E-state index < -0.39 is 0 Å². The van der Waals surface area contributed by atoms with Crippen molar-refractivity contribution in [3.05, 3.63) is 47.4 Å². The Bertz CT molecular complexity index is 835. The van der Waals surface area contributed by atoms with Crippen molar-refractivity contribution in [1.82, 2.24) is 15.0 Å². The zero-order chi connectivity index (χ0) is 16.9. The molecule has 6 nitrogen and oxygen atoms in total. The van der Waals surface area contributed by atoms with Crippen LogP contribution in [0.4, 0.5) is 5.82 Å². The first kappa shape index (κ1) is 16.3. The standard InChI is InChI=1S/C17H18N4O2S/c1-3-23-17(22)13-10-24-16-14(13)15(19-11-20-16)21(2)9-6-12-4-7-18-8-5-12/h4-5,7-8,10-11H,3,6,9H2,1-2H3. The largest absolute Gasteiger partial charge is 0.462 e. The topological polar surface area (TPSA) is 68.2 Å². The van der Waals surface area contributed by atoms with E-state index in [1.807, 2.05) is 24.1 Å². The van der Waals surface area contributed by atoms with Gasteiger partial charge in [-0.3, -0.25) is 4.98 Å². The van der Waals surface area contributed by atoms with Crippen LogP contribution < -0.4 is 4.90 Å². The Morgan fingerprint density at radius 3 is 2.83 bits per heavy atom. The number of thiophene rings is 1. The number of carbonyl (C=O) groups excluding carboxylic acids is 1. The number of hydrogen-bond donors (Lipinski definition) is 0. The van der Waals surface area contributed by atoms with E-state index in [2.05, 4.69) is 15.0 Å². The van der Waals surface area contributed by atoms with Crippen LogP contribution in [0.1, 0.15) is 22.8 Å². The third-order valence-electron chi connectivity index (χ3n) is 3.69. The Kier molecular flexibility index (Phi) is 5.00. The third kappa shape index (κ3) is 3.35. The van der Waals surface area contributed by atoms with Gasteiger partial charge in [0.25, 0.3) is 0 Å². The molecule has 0 amide bonds. The predicted octanol–water partition coefficient (Wildman–Crippen LogP) is 2.94. The number of carbonyl (C=O) groups is 1. The van der Waals surface area contributed by atoms with Crippen LogP contribution in [-0.4, -0.2) is 41.1 Å². The van der Waals surface area contributed by atoms with Gasteiger partial charge in [0.2, 0.25) is 0 Å². The molecule has 3 aromatic rings. The van der Waals surface area contributed by atoms with Crippen LogP contribution in [0.3, 0.4) is 0 Å². The fraction of sp³-hybridized carbons (Fsp3) is 0.294. The molecule has 3 heterocycles. The van der Waals surface area contributed by atoms with Crippen LogP contribution >= 0.6 is 11.3 Å². The van der Waals surface area contributed by atoms with Crippen LogP contribution in [-0.2, 0) is 11.2 Å². The van der Waals surface area contributed by atoms with Gasteiger partial charge in [-0.2, -0.15) is 0 Å². The molecule has 0 aliphatic heterocycles. The van der Waals surface area contributed by atoms with Crippen LogP contribution in [0.15, 0.2) is 36.2 Å². The van der Waals surface area contributed by atoms with Crippen molar-refractivity contribution in [2.45, 2.75) is 13.3 Å². The molecule has 24 heavy (non-hydrogen) atoms. The van der Waals surface area contributed by atoms with Gasteiger partial charge in [-0.1, -0.05) is 0 Å². The lowest BCUT2D eigenvalue weighted by atomic mass is 10.2. The number of hydrogen-bond acceptors (Lipinski definition) is 7. The second-order valence-electron chi connectivity index (χ2n) is 5.27. The van der Waals surface area contributed by atoms with E-state index in [0.717, 1.165) is 29.0 Å². The van der Waals surface area contributed by atoms with Gasteiger partial charge in [0, 0.05) is 31.4 Å². The van der Waals surface area contributed by atoms with E-state index in [-0.39, 0.29) is 5.97 Å². The van der Waals surface area contributed by atoms with E-state index >= 15 is 0 Å². The van der Waals surface area contributed by atoms with Crippen molar-refractivity contribution in [3.63, 3.8) is 0 Å². The number of fused-ring (bicyclic) bond motifs is 1. The fourth-order valence-electron chi connectivity index (χ4n) is 2.46. The average molecular weight is 342 g/mol. The summed E-state index contributed by atoms with van der Waals surface area (Å²) in [6.07, 6.45) is 5.97. The number of anilines is 1. The van der Waals surface area contributed by atoms with Gasteiger partial charge in [0.1, 0.15) is 17.0 Å². The zero-order valence-corrected chi connectivity index (χ0v) is 14.4. The first-order valence-electron chi connectivity index (χ1n) is 7.70. The van der Waals surface area contributed by atoms with E-state index in [9.17, 15) is 4.79 Å². The van der Waals surface area contributed by atoms with Gasteiger partial charge in [-0.05, 0) is 31.0 Å². The number of nitrogens with zero attached hydrogens (tertiary/aromatic N) is 4. The number of esters is 1. The normalized spacial score (nSPS) is 10.8. The molecule has 0 unspecified atom stereocenters. The molecular formula is C17H18N4O2S. The molecule has 0 spiro atoms. The van der Waals surface area contributed by atoms with E-state index in [1.54, 1.807) is 24.7 Å². The van der Waals surface area contributed by atoms with Gasteiger partial charge in [-0.15, -0.1) is 11.3 Å². The molecule has 0 bridgehead atoms. The number of aromatic nitrogens is 3. The van der Waals surface area contributed by atoms with Gasteiger partial charge < -0.3 is 9.64 Å². The molecule has 0 aliphatic rings. The van der Waals surface area contributed by atoms with Crippen LogP contribution in [0, 0.1) is 0 Å². The summed E-state index contributed by atoms with van der Waals surface area (Å²) in [5.74, 6) is 0.417. The number of rotatable bonds is 6. The predicted molar refractivity (Wildman–Crippen MR) is 94.6 cm³/mol.